The smallest absolute Gasteiger partial charge is 0.269 e. The van der Waals surface area contributed by atoms with E-state index in [0.29, 0.717) is 12.2 Å². The Morgan fingerprint density at radius 3 is 2.72 bits per heavy atom. The maximum absolute atomic E-state index is 12.0. The lowest BCUT2D eigenvalue weighted by molar-refractivity contribution is 0.0947. The van der Waals surface area contributed by atoms with Crippen molar-refractivity contribution in [2.45, 2.75) is 12.8 Å². The van der Waals surface area contributed by atoms with Gasteiger partial charge in [-0.05, 0) is 63.3 Å². The van der Waals surface area contributed by atoms with Crippen LogP contribution in [-0.4, -0.2) is 49.5 Å². The number of aromatic nitrogens is 1. The number of pyridine rings is 1. The van der Waals surface area contributed by atoms with Crippen molar-refractivity contribution < 1.29 is 4.79 Å². The Balaban J connectivity index is 1.74. The van der Waals surface area contributed by atoms with Gasteiger partial charge < -0.3 is 15.5 Å². The van der Waals surface area contributed by atoms with Gasteiger partial charge in [0.2, 0.25) is 0 Å². The quantitative estimate of drug-likeness (QED) is 0.675. The number of benzene rings is 1. The van der Waals surface area contributed by atoms with Crippen molar-refractivity contribution in [2.24, 2.45) is 0 Å². The minimum absolute atomic E-state index is 0.135. The first-order valence-corrected chi connectivity index (χ1v) is 8.79. The lowest BCUT2D eigenvalue weighted by Crippen LogP contribution is -2.27. The molecule has 0 saturated heterocycles. The number of carbonyl (C=O) groups excluding carboxylic acids is 1. The van der Waals surface area contributed by atoms with Crippen molar-refractivity contribution in [2.75, 3.05) is 39.0 Å². The number of halogens is 1. The van der Waals surface area contributed by atoms with Crippen molar-refractivity contribution in [1.29, 1.82) is 0 Å². The second-order valence-electron chi connectivity index (χ2n) is 6.15. The van der Waals surface area contributed by atoms with E-state index in [0.717, 1.165) is 36.6 Å². The van der Waals surface area contributed by atoms with Crippen LogP contribution in [0.5, 0.6) is 0 Å². The van der Waals surface area contributed by atoms with Crippen LogP contribution in [0.15, 0.2) is 42.6 Å². The first-order valence-electron chi connectivity index (χ1n) is 8.42. The fraction of sp³-hybridized carbons (Fsp3) is 0.368. The van der Waals surface area contributed by atoms with Crippen LogP contribution in [0, 0.1) is 0 Å². The van der Waals surface area contributed by atoms with Crippen LogP contribution in [0.4, 0.5) is 5.69 Å². The van der Waals surface area contributed by atoms with E-state index < -0.39 is 0 Å². The molecule has 1 aromatic heterocycles. The predicted octanol–water partition coefficient (Wildman–Crippen LogP) is 3.07. The van der Waals surface area contributed by atoms with Gasteiger partial charge >= 0.3 is 0 Å². The molecular weight excluding hydrogens is 336 g/mol. The molecule has 134 valence electrons. The number of nitrogens with one attached hydrogen (secondary N) is 2. The monoisotopic (exact) mass is 360 g/mol. The average molecular weight is 361 g/mol. The highest BCUT2D eigenvalue weighted by molar-refractivity contribution is 6.30. The Labute approximate surface area is 154 Å². The Hall–Kier alpha value is -2.11. The Bertz CT molecular complexity index is 673. The first-order chi connectivity index (χ1) is 12.0. The number of nitrogens with zero attached hydrogens (tertiary/aromatic N) is 2. The van der Waals surface area contributed by atoms with E-state index in [2.05, 4.69) is 26.6 Å². The largest absolute Gasteiger partial charge is 0.383 e. The number of rotatable bonds is 9. The van der Waals surface area contributed by atoms with Crippen molar-refractivity contribution in [3.63, 3.8) is 0 Å². The summed E-state index contributed by atoms with van der Waals surface area (Å²) >= 11 is 5.98. The standard InChI is InChI=1S/C19H25ClN4O/c1-24(2)12-4-10-22-19(25)18-8-7-17(14-23-18)21-11-9-15-5-3-6-16(20)13-15/h3,5-8,13-14,21H,4,9-12H2,1-2H3,(H,22,25). The molecule has 1 aromatic carbocycles. The molecule has 0 fully saturated rings. The van der Waals surface area contributed by atoms with Crippen molar-refractivity contribution in [1.82, 2.24) is 15.2 Å². The Morgan fingerprint density at radius 1 is 1.20 bits per heavy atom. The van der Waals surface area contributed by atoms with E-state index in [9.17, 15) is 4.79 Å². The number of hydrogen-bond donors (Lipinski definition) is 2. The number of amides is 1. The molecule has 1 heterocycles. The third-order valence-electron chi connectivity index (χ3n) is 3.70. The van der Waals surface area contributed by atoms with E-state index in [4.69, 9.17) is 11.6 Å². The summed E-state index contributed by atoms with van der Waals surface area (Å²) in [4.78, 5) is 18.3. The van der Waals surface area contributed by atoms with Gasteiger partial charge in [-0.3, -0.25) is 4.79 Å². The molecule has 2 aromatic rings. The second-order valence-corrected chi connectivity index (χ2v) is 6.59. The summed E-state index contributed by atoms with van der Waals surface area (Å²) in [6, 6.07) is 11.4. The molecule has 25 heavy (non-hydrogen) atoms. The van der Waals surface area contributed by atoms with Gasteiger partial charge in [-0.25, -0.2) is 4.98 Å². The Kier molecular flexibility index (Phi) is 7.70. The number of hydrogen-bond acceptors (Lipinski definition) is 4. The fourth-order valence-corrected chi connectivity index (χ4v) is 2.58. The summed E-state index contributed by atoms with van der Waals surface area (Å²) < 4.78 is 0. The third-order valence-corrected chi connectivity index (χ3v) is 3.93. The zero-order valence-electron chi connectivity index (χ0n) is 14.8. The van der Waals surface area contributed by atoms with Gasteiger partial charge in [0.05, 0.1) is 11.9 Å². The van der Waals surface area contributed by atoms with Crippen LogP contribution >= 0.6 is 11.6 Å². The summed E-state index contributed by atoms with van der Waals surface area (Å²) in [7, 11) is 4.03. The van der Waals surface area contributed by atoms with E-state index in [1.54, 1.807) is 12.3 Å². The molecule has 0 bridgehead atoms. The molecule has 1 amide bonds. The minimum Gasteiger partial charge on any atom is -0.383 e. The van der Waals surface area contributed by atoms with Gasteiger partial charge in [-0.15, -0.1) is 0 Å². The summed E-state index contributed by atoms with van der Waals surface area (Å²) in [5.74, 6) is -0.135. The molecule has 6 heteroatoms. The molecule has 0 unspecified atom stereocenters. The van der Waals surface area contributed by atoms with Crippen LogP contribution in [-0.2, 0) is 6.42 Å². The van der Waals surface area contributed by atoms with E-state index in [1.165, 1.54) is 5.56 Å². The lowest BCUT2D eigenvalue weighted by Gasteiger charge is -2.10. The maximum Gasteiger partial charge on any atom is 0.269 e. The summed E-state index contributed by atoms with van der Waals surface area (Å²) in [5, 5.41) is 6.93. The summed E-state index contributed by atoms with van der Waals surface area (Å²) in [5.41, 5.74) is 2.51. The van der Waals surface area contributed by atoms with Gasteiger partial charge in [0.1, 0.15) is 5.69 Å². The summed E-state index contributed by atoms with van der Waals surface area (Å²) in [6.07, 6.45) is 3.48. The highest BCUT2D eigenvalue weighted by Crippen LogP contribution is 2.12. The van der Waals surface area contributed by atoms with Crippen LogP contribution in [0.1, 0.15) is 22.5 Å². The average Bonchev–Trinajstić information content (AvgIpc) is 2.59. The molecule has 0 aliphatic carbocycles. The molecule has 0 atom stereocenters. The number of anilines is 1. The van der Waals surface area contributed by atoms with Crippen LogP contribution < -0.4 is 10.6 Å². The van der Waals surface area contributed by atoms with Gasteiger partial charge in [0.25, 0.3) is 5.91 Å². The van der Waals surface area contributed by atoms with Gasteiger partial charge in [-0.1, -0.05) is 23.7 Å². The SMILES string of the molecule is CN(C)CCCNC(=O)c1ccc(NCCc2cccc(Cl)c2)cn1. The molecule has 0 spiro atoms. The zero-order valence-corrected chi connectivity index (χ0v) is 15.5. The highest BCUT2D eigenvalue weighted by Gasteiger charge is 2.06. The maximum atomic E-state index is 12.0. The third kappa shape index (κ3) is 7.11. The number of carbonyl (C=O) groups is 1. The second kappa shape index (κ2) is 10.0. The molecule has 0 aliphatic heterocycles. The minimum atomic E-state index is -0.135. The van der Waals surface area contributed by atoms with E-state index in [1.807, 2.05) is 38.4 Å². The Morgan fingerprint density at radius 2 is 2.04 bits per heavy atom. The first kappa shape index (κ1) is 19.2. The van der Waals surface area contributed by atoms with Gasteiger partial charge in [-0.2, -0.15) is 0 Å². The lowest BCUT2D eigenvalue weighted by atomic mass is 10.1. The van der Waals surface area contributed by atoms with Crippen LogP contribution in [0.3, 0.4) is 0 Å². The fourth-order valence-electron chi connectivity index (χ4n) is 2.36. The molecule has 0 aliphatic rings. The normalized spacial score (nSPS) is 10.7. The van der Waals surface area contributed by atoms with Gasteiger partial charge in [0, 0.05) is 18.1 Å². The molecule has 0 saturated carbocycles. The molecule has 2 N–H and O–H groups in total. The summed E-state index contributed by atoms with van der Waals surface area (Å²) in [6.45, 7) is 2.37. The van der Waals surface area contributed by atoms with Crippen LogP contribution in [0.2, 0.25) is 5.02 Å². The van der Waals surface area contributed by atoms with Crippen molar-refractivity contribution in [3.05, 3.63) is 58.9 Å². The van der Waals surface area contributed by atoms with E-state index in [-0.39, 0.29) is 5.91 Å². The molecule has 0 radical (unpaired) electrons. The molecule has 5 nitrogen and oxygen atoms in total. The highest BCUT2D eigenvalue weighted by atomic mass is 35.5. The van der Waals surface area contributed by atoms with Crippen LogP contribution in [0.25, 0.3) is 0 Å². The predicted molar refractivity (Wildman–Crippen MR) is 103 cm³/mol. The zero-order chi connectivity index (χ0) is 18.1. The molecular formula is C19H25ClN4O. The molecule has 2 rings (SSSR count). The topological polar surface area (TPSA) is 57.3 Å². The van der Waals surface area contributed by atoms with Crippen molar-refractivity contribution >= 4 is 23.2 Å². The van der Waals surface area contributed by atoms with Gasteiger partial charge in [0.15, 0.2) is 0 Å². The van der Waals surface area contributed by atoms with Crippen molar-refractivity contribution in [3.8, 4) is 0 Å². The van der Waals surface area contributed by atoms with E-state index >= 15 is 0 Å².